The van der Waals surface area contributed by atoms with Crippen molar-refractivity contribution in [3.8, 4) is 11.5 Å². The van der Waals surface area contributed by atoms with Crippen LogP contribution in [0.25, 0.3) is 22.5 Å². The molecule has 18 heavy (non-hydrogen) atoms. The maximum atomic E-state index is 5.91. The molecule has 0 aliphatic carbocycles. The third-order valence-electron chi connectivity index (χ3n) is 2.86. The number of nitrogen functional groups attached to an aromatic ring is 1. The molecule has 0 radical (unpaired) electrons. The van der Waals surface area contributed by atoms with Crippen molar-refractivity contribution < 1.29 is 4.42 Å². The molecule has 0 aromatic carbocycles. The molecule has 2 N–H and O–H groups in total. The summed E-state index contributed by atoms with van der Waals surface area (Å²) < 4.78 is 5.59. The van der Waals surface area contributed by atoms with Gasteiger partial charge in [-0.3, -0.25) is 4.98 Å². The average Bonchev–Trinajstić information content (AvgIpc) is 2.80. The number of nitrogens with zero attached hydrogens (tertiary/aromatic N) is 3. The zero-order valence-electron chi connectivity index (χ0n) is 10.1. The fourth-order valence-corrected chi connectivity index (χ4v) is 1.97. The highest BCUT2D eigenvalue weighted by Gasteiger charge is 2.14. The second kappa shape index (κ2) is 3.80. The molecule has 90 valence electrons. The first-order valence-electron chi connectivity index (χ1n) is 5.60. The van der Waals surface area contributed by atoms with E-state index < -0.39 is 0 Å². The predicted octanol–water partition coefficient (Wildman–Crippen LogP) is 2.48. The summed E-state index contributed by atoms with van der Waals surface area (Å²) in [5, 5.41) is 0. The largest absolute Gasteiger partial charge is 0.460 e. The van der Waals surface area contributed by atoms with E-state index in [4.69, 9.17) is 10.2 Å². The molecule has 0 aliphatic heterocycles. The topological polar surface area (TPSA) is 77.8 Å². The van der Waals surface area contributed by atoms with Crippen LogP contribution in [0, 0.1) is 13.8 Å². The van der Waals surface area contributed by atoms with Crippen LogP contribution in [0.4, 0.5) is 5.82 Å². The van der Waals surface area contributed by atoms with Crippen LogP contribution in [-0.2, 0) is 0 Å². The number of aromatic nitrogens is 3. The van der Waals surface area contributed by atoms with Gasteiger partial charge in [0.25, 0.3) is 0 Å². The number of pyridine rings is 1. The molecule has 5 heteroatoms. The minimum atomic E-state index is 0.368. The van der Waals surface area contributed by atoms with Gasteiger partial charge in [-0.25, -0.2) is 9.97 Å². The number of fused-ring (bicyclic) bond motifs is 1. The Morgan fingerprint density at radius 2 is 1.78 bits per heavy atom. The zero-order valence-corrected chi connectivity index (χ0v) is 10.1. The van der Waals surface area contributed by atoms with Crippen molar-refractivity contribution in [2.24, 2.45) is 0 Å². The summed E-state index contributed by atoms with van der Waals surface area (Å²) in [4.78, 5) is 12.9. The summed E-state index contributed by atoms with van der Waals surface area (Å²) in [6.07, 6.45) is 3.25. The number of aryl methyl sites for hydroxylation is 2. The molecule has 0 fully saturated rings. The van der Waals surface area contributed by atoms with Crippen LogP contribution in [-0.4, -0.2) is 15.0 Å². The summed E-state index contributed by atoms with van der Waals surface area (Å²) in [7, 11) is 0. The van der Waals surface area contributed by atoms with E-state index in [-0.39, 0.29) is 0 Å². The van der Waals surface area contributed by atoms with Gasteiger partial charge in [-0.2, -0.15) is 0 Å². The van der Waals surface area contributed by atoms with Crippen LogP contribution in [0.15, 0.2) is 28.9 Å². The number of nitrogens with two attached hydrogens (primary N) is 1. The van der Waals surface area contributed by atoms with E-state index in [2.05, 4.69) is 15.0 Å². The van der Waals surface area contributed by atoms with E-state index in [9.17, 15) is 0 Å². The highest BCUT2D eigenvalue weighted by molar-refractivity contribution is 5.90. The molecule has 0 bridgehead atoms. The van der Waals surface area contributed by atoms with Gasteiger partial charge in [0.05, 0.1) is 5.52 Å². The molecule has 3 heterocycles. The molecule has 0 unspecified atom stereocenters. The summed E-state index contributed by atoms with van der Waals surface area (Å²) in [5.74, 6) is 1.90. The monoisotopic (exact) mass is 240 g/mol. The number of hydrogen-bond acceptors (Lipinski definition) is 5. The van der Waals surface area contributed by atoms with Crippen LogP contribution in [0.1, 0.15) is 11.3 Å². The van der Waals surface area contributed by atoms with Gasteiger partial charge >= 0.3 is 0 Å². The van der Waals surface area contributed by atoms with Crippen LogP contribution in [0.5, 0.6) is 0 Å². The average molecular weight is 240 g/mol. The molecule has 3 aromatic heterocycles. The van der Waals surface area contributed by atoms with Crippen molar-refractivity contribution >= 4 is 16.9 Å². The number of rotatable bonds is 1. The highest BCUT2D eigenvalue weighted by atomic mass is 16.3. The lowest BCUT2D eigenvalue weighted by Gasteiger charge is -2.07. The predicted molar refractivity (Wildman–Crippen MR) is 68.9 cm³/mol. The van der Waals surface area contributed by atoms with Gasteiger partial charge in [-0.15, -0.1) is 0 Å². The zero-order chi connectivity index (χ0) is 12.7. The van der Waals surface area contributed by atoms with Crippen LogP contribution in [0.2, 0.25) is 0 Å². The van der Waals surface area contributed by atoms with Crippen molar-refractivity contribution in [1.29, 1.82) is 0 Å². The molecule has 0 spiro atoms. The molecule has 0 saturated carbocycles. The van der Waals surface area contributed by atoms with E-state index in [1.807, 2.05) is 26.0 Å². The molecular formula is C13H12N4O. The van der Waals surface area contributed by atoms with E-state index in [1.165, 1.54) is 0 Å². The Morgan fingerprint density at radius 3 is 2.44 bits per heavy atom. The number of hydrogen-bond donors (Lipinski definition) is 1. The van der Waals surface area contributed by atoms with Crippen molar-refractivity contribution in [2.45, 2.75) is 13.8 Å². The lowest BCUT2D eigenvalue weighted by Crippen LogP contribution is -2.00. The Kier molecular flexibility index (Phi) is 2.26. The van der Waals surface area contributed by atoms with Gasteiger partial charge in [0, 0.05) is 18.0 Å². The Balaban J connectivity index is 2.34. The fourth-order valence-electron chi connectivity index (χ4n) is 1.97. The van der Waals surface area contributed by atoms with Crippen molar-refractivity contribution in [3.63, 3.8) is 0 Å². The van der Waals surface area contributed by atoms with Gasteiger partial charge in [0.1, 0.15) is 17.0 Å². The van der Waals surface area contributed by atoms with Gasteiger partial charge in [-0.05, 0) is 26.0 Å². The molecule has 3 aromatic rings. The smallest absolute Gasteiger partial charge is 0.153 e. The minimum absolute atomic E-state index is 0.368. The van der Waals surface area contributed by atoms with Crippen LogP contribution >= 0.6 is 0 Å². The third-order valence-corrected chi connectivity index (χ3v) is 2.86. The van der Waals surface area contributed by atoms with Crippen molar-refractivity contribution in [3.05, 3.63) is 35.9 Å². The number of furan rings is 1. The van der Waals surface area contributed by atoms with Crippen LogP contribution < -0.4 is 5.73 Å². The second-order valence-electron chi connectivity index (χ2n) is 4.13. The maximum Gasteiger partial charge on any atom is 0.153 e. The fraction of sp³-hybridized carbons (Fsp3) is 0.154. The first kappa shape index (κ1) is 10.7. The third kappa shape index (κ3) is 1.52. The summed E-state index contributed by atoms with van der Waals surface area (Å²) in [6.45, 7) is 3.83. The van der Waals surface area contributed by atoms with E-state index in [0.717, 1.165) is 16.8 Å². The molecular weight excluding hydrogens is 228 g/mol. The Labute approximate surface area is 104 Å². The highest BCUT2D eigenvalue weighted by Crippen LogP contribution is 2.29. The minimum Gasteiger partial charge on any atom is -0.460 e. The molecule has 0 atom stereocenters. The Hall–Kier alpha value is -2.43. The lowest BCUT2D eigenvalue weighted by molar-refractivity contribution is 0.546. The van der Waals surface area contributed by atoms with Gasteiger partial charge in [-0.1, -0.05) is 0 Å². The Bertz CT molecular complexity index is 733. The van der Waals surface area contributed by atoms with Crippen molar-refractivity contribution in [1.82, 2.24) is 15.0 Å². The SMILES string of the molecule is Cc1ccc(-c2nc(N)c3nccnc3c2C)o1. The standard InChI is InChI=1S/C13H12N4O/c1-7-3-4-9(18-7)10-8(2)11-12(13(14)17-10)16-6-5-15-11/h3-6H,1-2H3,(H2,14,17). The lowest BCUT2D eigenvalue weighted by atomic mass is 10.1. The van der Waals surface area contributed by atoms with Gasteiger partial charge in [0.15, 0.2) is 11.6 Å². The molecule has 0 saturated heterocycles. The second-order valence-corrected chi connectivity index (χ2v) is 4.13. The quantitative estimate of drug-likeness (QED) is 0.707. The number of anilines is 1. The van der Waals surface area contributed by atoms with Crippen molar-refractivity contribution in [2.75, 3.05) is 5.73 Å². The van der Waals surface area contributed by atoms with E-state index >= 15 is 0 Å². The van der Waals surface area contributed by atoms with Crippen LogP contribution in [0.3, 0.4) is 0 Å². The first-order valence-corrected chi connectivity index (χ1v) is 5.60. The van der Waals surface area contributed by atoms with Gasteiger partial charge < -0.3 is 10.2 Å². The first-order chi connectivity index (χ1) is 8.66. The Morgan fingerprint density at radius 1 is 1.06 bits per heavy atom. The summed E-state index contributed by atoms with van der Waals surface area (Å²) in [6, 6.07) is 3.78. The summed E-state index contributed by atoms with van der Waals surface area (Å²) in [5.41, 5.74) is 8.93. The molecule has 0 amide bonds. The maximum absolute atomic E-state index is 5.91. The van der Waals surface area contributed by atoms with E-state index in [1.54, 1.807) is 12.4 Å². The van der Waals surface area contributed by atoms with Gasteiger partial charge in [0.2, 0.25) is 0 Å². The molecule has 5 nitrogen and oxygen atoms in total. The van der Waals surface area contributed by atoms with E-state index in [0.29, 0.717) is 22.8 Å². The summed E-state index contributed by atoms with van der Waals surface area (Å²) >= 11 is 0. The normalized spacial score (nSPS) is 11.0. The molecule has 0 aliphatic rings. The molecule has 3 rings (SSSR count).